The van der Waals surface area contributed by atoms with Gasteiger partial charge in [-0.1, -0.05) is 28.9 Å². The minimum atomic E-state index is -0.290. The molecule has 0 aliphatic rings. The van der Waals surface area contributed by atoms with E-state index in [1.165, 1.54) is 7.11 Å². The summed E-state index contributed by atoms with van der Waals surface area (Å²) in [5.41, 5.74) is 3.49. The topological polar surface area (TPSA) is 78.3 Å². The summed E-state index contributed by atoms with van der Waals surface area (Å²) in [5, 5.41) is 11.8. The Hall–Kier alpha value is -3.58. The fourth-order valence-electron chi connectivity index (χ4n) is 3.11. The molecule has 4 rings (SSSR count). The third kappa shape index (κ3) is 4.06. The van der Waals surface area contributed by atoms with Crippen LogP contribution in [-0.4, -0.2) is 35.1 Å². The minimum Gasteiger partial charge on any atom is -0.497 e. The second kappa shape index (κ2) is 8.42. The van der Waals surface area contributed by atoms with Gasteiger partial charge in [0.25, 0.3) is 5.91 Å². The summed E-state index contributed by atoms with van der Waals surface area (Å²) in [5.74, 6) is 1.04. The van der Waals surface area contributed by atoms with Gasteiger partial charge < -0.3 is 14.8 Å². The van der Waals surface area contributed by atoms with Crippen LogP contribution in [0.3, 0.4) is 0 Å². The van der Waals surface area contributed by atoms with Crippen LogP contribution in [0.4, 0.5) is 5.69 Å². The van der Waals surface area contributed by atoms with E-state index in [4.69, 9.17) is 21.1 Å². The molecule has 0 saturated carbocycles. The largest absolute Gasteiger partial charge is 0.497 e. The fourth-order valence-corrected chi connectivity index (χ4v) is 3.28. The molecular weight excluding hydrogens is 404 g/mol. The number of carbonyl (C=O) groups excluding carboxylic acids is 1. The Bertz CT molecular complexity index is 1200. The Balaban J connectivity index is 1.55. The van der Waals surface area contributed by atoms with E-state index in [2.05, 4.69) is 15.6 Å². The van der Waals surface area contributed by atoms with Gasteiger partial charge in [0.2, 0.25) is 0 Å². The van der Waals surface area contributed by atoms with Gasteiger partial charge in [-0.3, -0.25) is 4.79 Å². The van der Waals surface area contributed by atoms with E-state index in [-0.39, 0.29) is 5.91 Å². The van der Waals surface area contributed by atoms with Crippen molar-refractivity contribution in [2.24, 2.45) is 0 Å². The van der Waals surface area contributed by atoms with Crippen LogP contribution in [-0.2, 0) is 6.54 Å². The predicted molar refractivity (Wildman–Crippen MR) is 116 cm³/mol. The second-order valence-corrected chi connectivity index (χ2v) is 7.03. The SMILES string of the molecule is COc1ccc(Cn2nnc3cc(C(=O)Nc4cc(Cl)ccc4OC)ccc32)cc1. The molecule has 4 aromatic rings. The van der Waals surface area contributed by atoms with E-state index < -0.39 is 0 Å². The highest BCUT2D eigenvalue weighted by molar-refractivity contribution is 6.31. The monoisotopic (exact) mass is 422 g/mol. The molecule has 0 fully saturated rings. The molecule has 0 aliphatic heterocycles. The summed E-state index contributed by atoms with van der Waals surface area (Å²) >= 11 is 6.03. The first-order valence-corrected chi connectivity index (χ1v) is 9.56. The Morgan fingerprint density at radius 1 is 1.03 bits per heavy atom. The molecule has 3 aromatic carbocycles. The van der Waals surface area contributed by atoms with Gasteiger partial charge in [-0.25, -0.2) is 4.68 Å². The molecule has 7 nitrogen and oxygen atoms in total. The van der Waals surface area contributed by atoms with Crippen LogP contribution in [0.25, 0.3) is 11.0 Å². The first-order chi connectivity index (χ1) is 14.6. The molecule has 0 unspecified atom stereocenters. The first kappa shape index (κ1) is 19.7. The lowest BCUT2D eigenvalue weighted by Crippen LogP contribution is -2.12. The summed E-state index contributed by atoms with van der Waals surface area (Å²) in [4.78, 5) is 12.7. The fraction of sp³-hybridized carbons (Fsp3) is 0.136. The molecule has 0 spiro atoms. The normalized spacial score (nSPS) is 10.8. The van der Waals surface area contributed by atoms with Crippen LogP contribution >= 0.6 is 11.6 Å². The third-order valence-corrected chi connectivity index (χ3v) is 4.91. The summed E-state index contributed by atoms with van der Waals surface area (Å²) in [6.07, 6.45) is 0. The molecule has 0 radical (unpaired) electrons. The number of ether oxygens (including phenoxy) is 2. The molecule has 1 heterocycles. The molecule has 0 bridgehead atoms. The van der Waals surface area contributed by atoms with Crippen LogP contribution in [0.15, 0.2) is 60.7 Å². The van der Waals surface area contributed by atoms with Crippen LogP contribution in [0.2, 0.25) is 5.02 Å². The van der Waals surface area contributed by atoms with Crippen LogP contribution in [0.1, 0.15) is 15.9 Å². The van der Waals surface area contributed by atoms with Crippen molar-refractivity contribution >= 4 is 34.2 Å². The number of fused-ring (bicyclic) bond motifs is 1. The van der Waals surface area contributed by atoms with Crippen molar-refractivity contribution in [1.29, 1.82) is 0 Å². The molecule has 0 aliphatic carbocycles. The van der Waals surface area contributed by atoms with E-state index in [1.54, 1.807) is 42.1 Å². The van der Waals surface area contributed by atoms with Gasteiger partial charge in [0.15, 0.2) is 0 Å². The number of aromatic nitrogens is 3. The van der Waals surface area contributed by atoms with Crippen molar-refractivity contribution in [2.75, 3.05) is 19.5 Å². The van der Waals surface area contributed by atoms with E-state index in [9.17, 15) is 4.79 Å². The number of anilines is 1. The number of nitrogens with zero attached hydrogens (tertiary/aromatic N) is 3. The lowest BCUT2D eigenvalue weighted by atomic mass is 10.1. The maximum Gasteiger partial charge on any atom is 0.255 e. The van der Waals surface area contributed by atoms with E-state index in [1.807, 2.05) is 30.3 Å². The Morgan fingerprint density at radius 2 is 1.83 bits per heavy atom. The zero-order chi connectivity index (χ0) is 21.1. The van der Waals surface area contributed by atoms with Crippen molar-refractivity contribution in [3.05, 3.63) is 76.8 Å². The van der Waals surface area contributed by atoms with E-state index >= 15 is 0 Å². The highest BCUT2D eigenvalue weighted by Crippen LogP contribution is 2.28. The summed E-state index contributed by atoms with van der Waals surface area (Å²) in [6, 6.07) is 18.1. The van der Waals surface area contributed by atoms with Crippen molar-refractivity contribution in [3.63, 3.8) is 0 Å². The van der Waals surface area contributed by atoms with Crippen molar-refractivity contribution in [2.45, 2.75) is 6.54 Å². The molecule has 1 N–H and O–H groups in total. The third-order valence-electron chi connectivity index (χ3n) is 4.68. The molecule has 0 saturated heterocycles. The van der Waals surface area contributed by atoms with E-state index in [0.717, 1.165) is 16.8 Å². The van der Waals surface area contributed by atoms with Crippen LogP contribution in [0, 0.1) is 0 Å². The smallest absolute Gasteiger partial charge is 0.255 e. The number of halogens is 1. The highest BCUT2D eigenvalue weighted by atomic mass is 35.5. The van der Waals surface area contributed by atoms with Gasteiger partial charge in [-0.05, 0) is 54.1 Å². The molecule has 8 heteroatoms. The number of amides is 1. The summed E-state index contributed by atoms with van der Waals surface area (Å²) < 4.78 is 12.3. The van der Waals surface area contributed by atoms with Crippen LogP contribution < -0.4 is 14.8 Å². The Kier molecular flexibility index (Phi) is 5.54. The molecule has 1 aromatic heterocycles. The van der Waals surface area contributed by atoms with Gasteiger partial charge in [-0.15, -0.1) is 5.10 Å². The van der Waals surface area contributed by atoms with Crippen molar-refractivity contribution in [1.82, 2.24) is 15.0 Å². The minimum absolute atomic E-state index is 0.290. The number of carbonyl (C=O) groups is 1. The number of nitrogens with one attached hydrogen (secondary N) is 1. The second-order valence-electron chi connectivity index (χ2n) is 6.60. The summed E-state index contributed by atoms with van der Waals surface area (Å²) in [7, 11) is 3.17. The Morgan fingerprint density at radius 3 is 2.57 bits per heavy atom. The molecule has 30 heavy (non-hydrogen) atoms. The number of rotatable bonds is 6. The standard InChI is InChI=1S/C22H19ClN4O3/c1-29-17-7-3-14(4-8-17)13-27-20-9-5-15(11-18(20)25-26-27)22(28)24-19-12-16(23)6-10-21(19)30-2/h3-12H,13H2,1-2H3,(H,24,28). The summed E-state index contributed by atoms with van der Waals surface area (Å²) in [6.45, 7) is 0.561. The average molecular weight is 423 g/mol. The zero-order valence-electron chi connectivity index (χ0n) is 16.4. The number of benzene rings is 3. The Labute approximate surface area is 178 Å². The van der Waals surface area contributed by atoms with Crippen molar-refractivity contribution in [3.8, 4) is 11.5 Å². The van der Waals surface area contributed by atoms with Gasteiger partial charge in [0, 0.05) is 10.6 Å². The first-order valence-electron chi connectivity index (χ1n) is 9.18. The number of methoxy groups -OCH3 is 2. The molecule has 152 valence electrons. The molecule has 1 amide bonds. The van der Waals surface area contributed by atoms with Gasteiger partial charge in [0.05, 0.1) is 32.0 Å². The predicted octanol–water partition coefficient (Wildman–Crippen LogP) is 4.40. The maximum atomic E-state index is 12.7. The lowest BCUT2D eigenvalue weighted by molar-refractivity contribution is 0.102. The van der Waals surface area contributed by atoms with Crippen LogP contribution in [0.5, 0.6) is 11.5 Å². The lowest BCUT2D eigenvalue weighted by Gasteiger charge is -2.10. The van der Waals surface area contributed by atoms with Gasteiger partial charge in [-0.2, -0.15) is 0 Å². The quantitative estimate of drug-likeness (QED) is 0.498. The zero-order valence-corrected chi connectivity index (χ0v) is 17.2. The maximum absolute atomic E-state index is 12.7. The molecular formula is C22H19ClN4O3. The average Bonchev–Trinajstić information content (AvgIpc) is 3.16. The van der Waals surface area contributed by atoms with Gasteiger partial charge in [0.1, 0.15) is 17.0 Å². The number of hydrogen-bond acceptors (Lipinski definition) is 5. The number of hydrogen-bond donors (Lipinski definition) is 1. The van der Waals surface area contributed by atoms with Gasteiger partial charge >= 0.3 is 0 Å². The van der Waals surface area contributed by atoms with Crippen molar-refractivity contribution < 1.29 is 14.3 Å². The van der Waals surface area contributed by atoms with E-state index in [0.29, 0.717) is 34.1 Å². The molecule has 0 atom stereocenters. The highest BCUT2D eigenvalue weighted by Gasteiger charge is 2.13.